The van der Waals surface area contributed by atoms with Crippen molar-refractivity contribution in [3.63, 3.8) is 0 Å². The summed E-state index contributed by atoms with van der Waals surface area (Å²) in [6, 6.07) is 5.52. The number of rotatable bonds is 3. The largest absolute Gasteiger partial charge is 0.494 e. The van der Waals surface area contributed by atoms with Crippen molar-refractivity contribution in [3.8, 4) is 0 Å². The molecule has 1 aliphatic rings. The van der Waals surface area contributed by atoms with Crippen LogP contribution in [0.4, 0.5) is 0 Å². The zero-order chi connectivity index (χ0) is 15.8. The molecule has 1 saturated heterocycles. The summed E-state index contributed by atoms with van der Waals surface area (Å²) in [5, 5.41) is 0.560. The minimum absolute atomic E-state index is 0.343. The second-order valence-corrected chi connectivity index (χ2v) is 6.69. The molecule has 0 aliphatic carbocycles. The van der Waals surface area contributed by atoms with Crippen LogP contribution in [0.1, 0.15) is 43.6 Å². The maximum atomic E-state index is 11.7. The first kappa shape index (κ1) is 16.5. The van der Waals surface area contributed by atoms with Crippen molar-refractivity contribution in [2.45, 2.75) is 44.2 Å². The maximum Gasteiger partial charge on any atom is 0.494 e. The molecule has 1 heterocycles. The molecule has 114 valence electrons. The number of esters is 1. The Morgan fingerprint density at radius 1 is 1.24 bits per heavy atom. The normalized spacial score (nSPS) is 19.6. The van der Waals surface area contributed by atoms with Gasteiger partial charge in [0.25, 0.3) is 0 Å². The van der Waals surface area contributed by atoms with Crippen molar-refractivity contribution in [1.29, 1.82) is 0 Å². The Morgan fingerprint density at radius 3 is 2.29 bits per heavy atom. The third kappa shape index (κ3) is 3.03. The van der Waals surface area contributed by atoms with E-state index in [1.165, 1.54) is 7.11 Å². The van der Waals surface area contributed by atoms with Crippen LogP contribution in [-0.4, -0.2) is 31.4 Å². The van der Waals surface area contributed by atoms with E-state index in [1.807, 2.05) is 39.8 Å². The lowest BCUT2D eigenvalue weighted by molar-refractivity contribution is 0.00578. The van der Waals surface area contributed by atoms with Gasteiger partial charge < -0.3 is 14.0 Å². The Labute approximate surface area is 134 Å². The van der Waals surface area contributed by atoms with E-state index in [1.54, 1.807) is 6.07 Å². The van der Waals surface area contributed by atoms with E-state index < -0.39 is 7.12 Å². The number of hydrogen-bond acceptors (Lipinski definition) is 4. The molecule has 0 aromatic heterocycles. The molecule has 1 aromatic carbocycles. The van der Waals surface area contributed by atoms with Crippen LogP contribution in [0, 0.1) is 0 Å². The average molecular weight is 355 g/mol. The molecule has 1 aromatic rings. The van der Waals surface area contributed by atoms with E-state index in [0.717, 1.165) is 11.0 Å². The molecule has 0 unspecified atom stereocenters. The lowest BCUT2D eigenvalue weighted by Gasteiger charge is -2.32. The Hall–Kier alpha value is -0.845. The summed E-state index contributed by atoms with van der Waals surface area (Å²) < 4.78 is 16.8. The number of benzene rings is 1. The predicted octanol–water partition coefficient (Wildman–Crippen LogP) is 2.67. The van der Waals surface area contributed by atoms with E-state index in [-0.39, 0.29) is 17.2 Å². The highest BCUT2D eigenvalue weighted by Gasteiger charge is 2.51. The summed E-state index contributed by atoms with van der Waals surface area (Å²) in [6.07, 6.45) is 0. The highest BCUT2D eigenvalue weighted by atomic mass is 79.9. The minimum Gasteiger partial charge on any atom is -0.465 e. The van der Waals surface area contributed by atoms with Crippen molar-refractivity contribution in [1.82, 2.24) is 0 Å². The van der Waals surface area contributed by atoms with Gasteiger partial charge in [-0.1, -0.05) is 28.1 Å². The molecule has 4 nitrogen and oxygen atoms in total. The van der Waals surface area contributed by atoms with E-state index in [2.05, 4.69) is 15.9 Å². The molecule has 1 fully saturated rings. The molecule has 6 heteroatoms. The summed E-state index contributed by atoms with van der Waals surface area (Å²) in [7, 11) is 0.946. The third-order valence-corrected chi connectivity index (χ3v) is 4.81. The Balaban J connectivity index is 2.33. The smallest absolute Gasteiger partial charge is 0.465 e. The second kappa shape index (κ2) is 5.74. The van der Waals surface area contributed by atoms with Gasteiger partial charge in [-0.15, -0.1) is 0 Å². The second-order valence-electron chi connectivity index (χ2n) is 6.13. The first-order chi connectivity index (χ1) is 9.71. The minimum atomic E-state index is -0.431. The van der Waals surface area contributed by atoms with Crippen LogP contribution >= 0.6 is 15.9 Å². The van der Waals surface area contributed by atoms with Crippen LogP contribution in [0.3, 0.4) is 0 Å². The Morgan fingerprint density at radius 2 is 1.81 bits per heavy atom. The van der Waals surface area contributed by atoms with Gasteiger partial charge in [0.2, 0.25) is 0 Å². The molecule has 0 N–H and O–H groups in total. The van der Waals surface area contributed by atoms with Crippen LogP contribution in [0.5, 0.6) is 0 Å². The molecule has 1 aliphatic heterocycles. The molecular weight excluding hydrogens is 335 g/mol. The lowest BCUT2D eigenvalue weighted by Crippen LogP contribution is -2.41. The van der Waals surface area contributed by atoms with E-state index >= 15 is 0 Å². The summed E-state index contributed by atoms with van der Waals surface area (Å²) >= 11 is 3.40. The number of carbonyl (C=O) groups excluding carboxylic acids is 1. The summed E-state index contributed by atoms with van der Waals surface area (Å²) in [4.78, 5) is 11.7. The van der Waals surface area contributed by atoms with Crippen LogP contribution in [0.25, 0.3) is 0 Å². The fourth-order valence-corrected chi connectivity index (χ4v) is 2.62. The molecule has 0 amide bonds. The first-order valence-corrected chi connectivity index (χ1v) is 7.97. The molecule has 0 saturated carbocycles. The van der Waals surface area contributed by atoms with Gasteiger partial charge in [-0.25, -0.2) is 4.79 Å². The topological polar surface area (TPSA) is 44.8 Å². The fourth-order valence-electron chi connectivity index (χ4n) is 2.16. The van der Waals surface area contributed by atoms with Crippen LogP contribution in [0.2, 0.25) is 0 Å². The standard InChI is InChI=1S/C15H20BBrO4/c1-14(2)15(3,4)21-16(20-14)11-6-7-12(13(18)19-5)10(8-11)9-17/h6-8H,9H2,1-5H3. The van der Waals surface area contributed by atoms with Crippen molar-refractivity contribution in [3.05, 3.63) is 29.3 Å². The van der Waals surface area contributed by atoms with Gasteiger partial charge in [-0.3, -0.25) is 0 Å². The van der Waals surface area contributed by atoms with Crippen molar-refractivity contribution in [2.24, 2.45) is 0 Å². The van der Waals surface area contributed by atoms with E-state index in [4.69, 9.17) is 14.0 Å². The summed E-state index contributed by atoms with van der Waals surface area (Å²) in [6.45, 7) is 8.06. The van der Waals surface area contributed by atoms with E-state index in [0.29, 0.717) is 10.9 Å². The van der Waals surface area contributed by atoms with Gasteiger partial charge in [0, 0.05) is 5.33 Å². The highest BCUT2D eigenvalue weighted by molar-refractivity contribution is 9.08. The highest BCUT2D eigenvalue weighted by Crippen LogP contribution is 2.36. The van der Waals surface area contributed by atoms with Crippen molar-refractivity contribution >= 4 is 34.5 Å². The average Bonchev–Trinajstić information content (AvgIpc) is 2.66. The van der Waals surface area contributed by atoms with Gasteiger partial charge >= 0.3 is 13.1 Å². The molecule has 0 radical (unpaired) electrons. The molecule has 0 bridgehead atoms. The Kier molecular flexibility index (Phi) is 4.52. The quantitative estimate of drug-likeness (QED) is 0.475. The number of alkyl halides is 1. The van der Waals surface area contributed by atoms with Gasteiger partial charge in [0.05, 0.1) is 23.9 Å². The maximum absolute atomic E-state index is 11.7. The summed E-state index contributed by atoms with van der Waals surface area (Å²) in [5.74, 6) is -0.343. The number of ether oxygens (including phenoxy) is 1. The number of methoxy groups -OCH3 is 1. The number of halogens is 1. The van der Waals surface area contributed by atoms with Crippen LogP contribution < -0.4 is 5.46 Å². The molecule has 0 spiro atoms. The number of carbonyl (C=O) groups is 1. The SMILES string of the molecule is COC(=O)c1ccc(B2OC(C)(C)C(C)(C)O2)cc1CBr. The van der Waals surface area contributed by atoms with E-state index in [9.17, 15) is 4.79 Å². The molecule has 0 atom stereocenters. The van der Waals surface area contributed by atoms with Gasteiger partial charge in [-0.05, 0) is 44.8 Å². The molecular formula is C15H20BBrO4. The monoisotopic (exact) mass is 354 g/mol. The number of hydrogen-bond donors (Lipinski definition) is 0. The molecule has 2 rings (SSSR count). The Bertz CT molecular complexity index is 541. The zero-order valence-corrected chi connectivity index (χ0v) is 14.6. The predicted molar refractivity (Wildman–Crippen MR) is 86.1 cm³/mol. The first-order valence-electron chi connectivity index (χ1n) is 6.84. The summed E-state index contributed by atoms with van der Waals surface area (Å²) in [5.41, 5.74) is 1.54. The third-order valence-electron chi connectivity index (χ3n) is 4.20. The van der Waals surface area contributed by atoms with Crippen LogP contribution in [0.15, 0.2) is 18.2 Å². The van der Waals surface area contributed by atoms with Gasteiger partial charge in [-0.2, -0.15) is 0 Å². The zero-order valence-electron chi connectivity index (χ0n) is 13.0. The fraction of sp³-hybridized carbons (Fsp3) is 0.533. The van der Waals surface area contributed by atoms with Crippen LogP contribution in [-0.2, 0) is 19.4 Å². The molecule has 21 heavy (non-hydrogen) atoms. The van der Waals surface area contributed by atoms with Gasteiger partial charge in [0.15, 0.2) is 0 Å². The van der Waals surface area contributed by atoms with Crippen molar-refractivity contribution < 1.29 is 18.8 Å². The van der Waals surface area contributed by atoms with Gasteiger partial charge in [0.1, 0.15) is 0 Å². The lowest BCUT2D eigenvalue weighted by atomic mass is 9.78. The van der Waals surface area contributed by atoms with Crippen molar-refractivity contribution in [2.75, 3.05) is 7.11 Å².